The molecule has 2 aromatic rings. The number of hydrogen-bond donors (Lipinski definition) is 2. The highest BCUT2D eigenvalue weighted by Crippen LogP contribution is 2.46. The molecule has 1 aromatic heterocycles. The van der Waals surface area contributed by atoms with Gasteiger partial charge < -0.3 is 14.9 Å². The summed E-state index contributed by atoms with van der Waals surface area (Å²) in [5, 5.41) is 22.4. The smallest absolute Gasteiger partial charge is 0.307 e. The monoisotopic (exact) mass is 372 g/mol. The zero-order valence-corrected chi connectivity index (χ0v) is 15.6. The van der Waals surface area contributed by atoms with E-state index in [0.717, 1.165) is 30.4 Å². The maximum absolute atomic E-state index is 11.5. The van der Waals surface area contributed by atoms with E-state index in [9.17, 15) is 15.0 Å². The lowest BCUT2D eigenvalue weighted by Gasteiger charge is -2.34. The van der Waals surface area contributed by atoms with Crippen molar-refractivity contribution >= 4 is 17.3 Å². The van der Waals surface area contributed by atoms with Crippen LogP contribution in [-0.4, -0.2) is 22.8 Å². The molecule has 0 radical (unpaired) electrons. The first kappa shape index (κ1) is 17.6. The summed E-state index contributed by atoms with van der Waals surface area (Å²) in [6.45, 7) is 2.61. The summed E-state index contributed by atoms with van der Waals surface area (Å²) in [4.78, 5) is 12.7. The first-order chi connectivity index (χ1) is 12.6. The molecule has 1 fully saturated rings. The van der Waals surface area contributed by atoms with Gasteiger partial charge in [-0.05, 0) is 47.8 Å². The minimum atomic E-state index is -0.712. The summed E-state index contributed by atoms with van der Waals surface area (Å²) in [5.41, 5.74) is 1.84. The number of aliphatic carboxylic acids is 1. The van der Waals surface area contributed by atoms with Crippen LogP contribution in [0.4, 0.5) is 0 Å². The molecule has 138 valence electrons. The zero-order chi connectivity index (χ0) is 18.3. The molecule has 0 spiro atoms. The minimum Gasteiger partial charge on any atom is -0.493 e. The van der Waals surface area contributed by atoms with Crippen LogP contribution in [-0.2, 0) is 4.79 Å². The molecule has 1 aromatic carbocycles. The maximum Gasteiger partial charge on any atom is 0.307 e. The van der Waals surface area contributed by atoms with Crippen molar-refractivity contribution in [3.05, 3.63) is 51.7 Å². The van der Waals surface area contributed by atoms with Crippen molar-refractivity contribution in [2.45, 2.75) is 44.1 Å². The van der Waals surface area contributed by atoms with Gasteiger partial charge in [-0.1, -0.05) is 31.5 Å². The van der Waals surface area contributed by atoms with Gasteiger partial charge in [-0.3, -0.25) is 4.79 Å². The maximum atomic E-state index is 11.5. The van der Waals surface area contributed by atoms with E-state index in [1.807, 2.05) is 24.3 Å². The van der Waals surface area contributed by atoms with Gasteiger partial charge in [-0.25, -0.2) is 0 Å². The molecule has 1 saturated carbocycles. The van der Waals surface area contributed by atoms with Crippen molar-refractivity contribution in [1.82, 2.24) is 0 Å². The van der Waals surface area contributed by atoms with Crippen molar-refractivity contribution in [1.29, 1.82) is 0 Å². The van der Waals surface area contributed by atoms with Crippen molar-refractivity contribution in [2.24, 2.45) is 11.8 Å². The number of aliphatic hydroxyl groups excluding tert-OH is 1. The average Bonchev–Trinajstić information content (AvgIpc) is 3.33. The third kappa shape index (κ3) is 3.03. The number of carboxylic acid groups (broad SMARTS) is 1. The van der Waals surface area contributed by atoms with Gasteiger partial charge in [-0.2, -0.15) is 0 Å². The standard InChI is InChI=1S/C21H24O4S/c1-12(19-6-3-9-26-19)17-11-25-18-10-13(7-8-16(18)20(17)22)14-4-2-5-15(14)21(23)24/h3,6-10,12,14-15,17,20,22H,2,4-5,11H2,1H3,(H,23,24)/t12?,14?,15?,17-,20-/m1/s1. The molecule has 0 amide bonds. The topological polar surface area (TPSA) is 66.8 Å². The predicted octanol–water partition coefficient (Wildman–Crippen LogP) is 4.56. The van der Waals surface area contributed by atoms with Gasteiger partial charge in [0, 0.05) is 16.4 Å². The molecular formula is C21H24O4S. The van der Waals surface area contributed by atoms with Crippen molar-refractivity contribution in [3.63, 3.8) is 0 Å². The molecule has 4 rings (SSSR count). The Morgan fingerprint density at radius 2 is 2.15 bits per heavy atom. The van der Waals surface area contributed by atoms with E-state index in [1.54, 1.807) is 11.3 Å². The normalized spacial score (nSPS) is 29.0. The SMILES string of the molecule is CC(c1cccs1)[C@H]1COc2cc(C3CCCC3C(=O)O)ccc2[C@H]1O. The lowest BCUT2D eigenvalue weighted by atomic mass is 9.81. The number of carboxylic acids is 1. The molecule has 0 bridgehead atoms. The molecular weight excluding hydrogens is 348 g/mol. The molecule has 26 heavy (non-hydrogen) atoms. The van der Waals surface area contributed by atoms with Crippen molar-refractivity contribution in [2.75, 3.05) is 6.61 Å². The highest BCUT2D eigenvalue weighted by Gasteiger charge is 2.37. The van der Waals surface area contributed by atoms with E-state index < -0.39 is 12.1 Å². The van der Waals surface area contributed by atoms with Gasteiger partial charge in [0.2, 0.25) is 0 Å². The summed E-state index contributed by atoms with van der Waals surface area (Å²) in [7, 11) is 0. The van der Waals surface area contributed by atoms with Crippen molar-refractivity contribution in [3.8, 4) is 5.75 Å². The molecule has 5 atom stereocenters. The Hall–Kier alpha value is -1.85. The van der Waals surface area contributed by atoms with Gasteiger partial charge in [0.05, 0.1) is 18.6 Å². The van der Waals surface area contributed by atoms with E-state index in [2.05, 4.69) is 18.4 Å². The largest absolute Gasteiger partial charge is 0.493 e. The van der Waals surface area contributed by atoms with Crippen LogP contribution in [0, 0.1) is 11.8 Å². The number of carbonyl (C=O) groups is 1. The van der Waals surface area contributed by atoms with Crippen LogP contribution in [0.2, 0.25) is 0 Å². The summed E-state index contributed by atoms with van der Waals surface area (Å²) < 4.78 is 6.02. The molecule has 4 nitrogen and oxygen atoms in total. The van der Waals surface area contributed by atoms with E-state index in [4.69, 9.17) is 4.74 Å². The third-order valence-corrected chi connectivity index (χ3v) is 7.16. The molecule has 5 heteroatoms. The fourth-order valence-electron chi connectivity index (χ4n) is 4.49. The average molecular weight is 372 g/mol. The number of fused-ring (bicyclic) bond motifs is 1. The highest BCUT2D eigenvalue weighted by molar-refractivity contribution is 7.10. The van der Waals surface area contributed by atoms with Crippen molar-refractivity contribution < 1.29 is 19.7 Å². The van der Waals surface area contributed by atoms with E-state index in [0.29, 0.717) is 12.4 Å². The zero-order valence-electron chi connectivity index (χ0n) is 14.8. The highest BCUT2D eigenvalue weighted by atomic mass is 32.1. The van der Waals surface area contributed by atoms with Gasteiger partial charge >= 0.3 is 5.97 Å². The van der Waals surface area contributed by atoms with Crippen LogP contribution in [0.25, 0.3) is 0 Å². The fraction of sp³-hybridized carbons (Fsp3) is 0.476. The number of ether oxygens (including phenoxy) is 1. The molecule has 0 saturated heterocycles. The summed E-state index contributed by atoms with van der Waals surface area (Å²) in [6.07, 6.45) is 2.02. The van der Waals surface area contributed by atoms with E-state index >= 15 is 0 Å². The minimum absolute atomic E-state index is 0.0187. The number of thiophene rings is 1. The van der Waals surface area contributed by atoms with Gasteiger partial charge in [0.25, 0.3) is 0 Å². The second-order valence-corrected chi connectivity index (χ2v) is 8.48. The molecule has 1 aliphatic heterocycles. The lowest BCUT2D eigenvalue weighted by Crippen LogP contribution is -2.30. The Bertz CT molecular complexity index is 785. The number of benzene rings is 1. The number of rotatable bonds is 4. The Kier molecular flexibility index (Phi) is 4.76. The summed E-state index contributed by atoms with van der Waals surface area (Å²) in [6, 6.07) is 10.0. The number of hydrogen-bond acceptors (Lipinski definition) is 4. The molecule has 2 N–H and O–H groups in total. The van der Waals surface area contributed by atoms with Crippen LogP contribution < -0.4 is 4.74 Å². The predicted molar refractivity (Wildman–Crippen MR) is 101 cm³/mol. The summed E-state index contributed by atoms with van der Waals surface area (Å²) >= 11 is 1.71. The number of aliphatic hydroxyl groups is 1. The van der Waals surface area contributed by atoms with Crippen LogP contribution in [0.15, 0.2) is 35.7 Å². The van der Waals surface area contributed by atoms with E-state index in [1.165, 1.54) is 4.88 Å². The Morgan fingerprint density at radius 1 is 1.31 bits per heavy atom. The quantitative estimate of drug-likeness (QED) is 0.825. The Balaban J connectivity index is 1.58. The Labute approximate surface area is 157 Å². The second-order valence-electron chi connectivity index (χ2n) is 7.50. The first-order valence-corrected chi connectivity index (χ1v) is 10.1. The van der Waals surface area contributed by atoms with Crippen LogP contribution in [0.3, 0.4) is 0 Å². The first-order valence-electron chi connectivity index (χ1n) is 9.27. The third-order valence-electron chi connectivity index (χ3n) is 6.09. The molecule has 3 unspecified atom stereocenters. The molecule has 2 heterocycles. The molecule has 2 aliphatic rings. The second kappa shape index (κ2) is 7.05. The fourth-order valence-corrected chi connectivity index (χ4v) is 5.35. The molecule has 1 aliphatic carbocycles. The lowest BCUT2D eigenvalue weighted by molar-refractivity contribution is -0.142. The van der Waals surface area contributed by atoms with Crippen LogP contribution in [0.1, 0.15) is 60.1 Å². The van der Waals surface area contributed by atoms with Crippen LogP contribution in [0.5, 0.6) is 5.75 Å². The Morgan fingerprint density at radius 3 is 2.88 bits per heavy atom. The van der Waals surface area contributed by atoms with Gasteiger partial charge in [0.1, 0.15) is 5.75 Å². The van der Waals surface area contributed by atoms with E-state index in [-0.39, 0.29) is 23.7 Å². The van der Waals surface area contributed by atoms with Crippen LogP contribution >= 0.6 is 11.3 Å². The van der Waals surface area contributed by atoms with Gasteiger partial charge in [0.15, 0.2) is 0 Å². The van der Waals surface area contributed by atoms with Gasteiger partial charge in [-0.15, -0.1) is 11.3 Å². The summed E-state index contributed by atoms with van der Waals surface area (Å²) in [5.74, 6) is -0.0274.